The van der Waals surface area contributed by atoms with E-state index in [1.807, 2.05) is 0 Å². The third kappa shape index (κ3) is 3.19. The molecule has 0 spiro atoms. The standard InChI is InChI=1S/C14H14F3NO5S/c1-22-13(19)11-10(23-24(20,21)14(15,16)17)6-9(7-2-3-7)18-12(11)8-4-5-8/h6-8H,2-5H2,1H3. The number of halogens is 3. The molecule has 0 unspecified atom stereocenters. The molecule has 24 heavy (non-hydrogen) atoms. The summed E-state index contributed by atoms with van der Waals surface area (Å²) in [5.41, 5.74) is -5.25. The molecule has 10 heteroatoms. The quantitative estimate of drug-likeness (QED) is 0.453. The van der Waals surface area contributed by atoms with Gasteiger partial charge in [-0.05, 0) is 25.7 Å². The highest BCUT2D eigenvalue weighted by Crippen LogP contribution is 2.47. The molecule has 1 aromatic rings. The summed E-state index contributed by atoms with van der Waals surface area (Å²) in [5.74, 6) is -1.70. The van der Waals surface area contributed by atoms with Crippen LogP contribution in [-0.4, -0.2) is 32.0 Å². The van der Waals surface area contributed by atoms with Gasteiger partial charge in [-0.25, -0.2) is 4.79 Å². The van der Waals surface area contributed by atoms with Gasteiger partial charge in [0, 0.05) is 23.6 Å². The Kier molecular flexibility index (Phi) is 3.97. The second kappa shape index (κ2) is 5.61. The molecule has 2 fully saturated rings. The van der Waals surface area contributed by atoms with Gasteiger partial charge in [-0.3, -0.25) is 4.98 Å². The van der Waals surface area contributed by atoms with Crippen molar-refractivity contribution < 1.29 is 35.3 Å². The molecule has 2 aliphatic rings. The van der Waals surface area contributed by atoms with Gasteiger partial charge >= 0.3 is 21.6 Å². The van der Waals surface area contributed by atoms with Gasteiger partial charge in [0.05, 0.1) is 12.8 Å². The molecule has 0 aromatic carbocycles. The Balaban J connectivity index is 2.13. The third-order valence-corrected chi connectivity index (χ3v) is 4.83. The molecule has 0 aliphatic heterocycles. The Morgan fingerprint density at radius 1 is 1.21 bits per heavy atom. The average molecular weight is 365 g/mol. The van der Waals surface area contributed by atoms with Crippen LogP contribution in [-0.2, 0) is 14.9 Å². The first kappa shape index (κ1) is 17.0. The molecule has 1 aromatic heterocycles. The highest BCUT2D eigenvalue weighted by atomic mass is 32.2. The number of hydrogen-bond acceptors (Lipinski definition) is 6. The number of methoxy groups -OCH3 is 1. The largest absolute Gasteiger partial charge is 0.534 e. The lowest BCUT2D eigenvalue weighted by molar-refractivity contribution is -0.0500. The van der Waals surface area contributed by atoms with Crippen LogP contribution in [0.5, 0.6) is 5.75 Å². The maximum Gasteiger partial charge on any atom is 0.534 e. The van der Waals surface area contributed by atoms with Gasteiger partial charge in [0.15, 0.2) is 5.75 Å². The number of aromatic nitrogens is 1. The van der Waals surface area contributed by atoms with Crippen molar-refractivity contribution in [3.05, 3.63) is 23.0 Å². The molecule has 6 nitrogen and oxygen atoms in total. The van der Waals surface area contributed by atoms with Gasteiger partial charge in [0.25, 0.3) is 0 Å². The second-order valence-electron chi connectivity index (χ2n) is 5.83. The molecule has 132 valence electrons. The number of nitrogens with zero attached hydrogens (tertiary/aromatic N) is 1. The third-order valence-electron chi connectivity index (χ3n) is 3.86. The van der Waals surface area contributed by atoms with Crippen molar-refractivity contribution >= 4 is 16.1 Å². The molecule has 0 saturated heterocycles. The van der Waals surface area contributed by atoms with Crippen LogP contribution in [0.4, 0.5) is 13.2 Å². The molecule has 0 atom stereocenters. The van der Waals surface area contributed by atoms with Gasteiger partial charge < -0.3 is 8.92 Å². The van der Waals surface area contributed by atoms with Crippen molar-refractivity contribution in [1.29, 1.82) is 0 Å². The van der Waals surface area contributed by atoms with Gasteiger partial charge in [0.1, 0.15) is 5.56 Å². The van der Waals surface area contributed by atoms with E-state index in [1.165, 1.54) is 0 Å². The lowest BCUT2D eigenvalue weighted by Crippen LogP contribution is -2.29. The smallest absolute Gasteiger partial charge is 0.465 e. The highest BCUT2D eigenvalue weighted by Gasteiger charge is 2.49. The minimum absolute atomic E-state index is 0.0464. The minimum Gasteiger partial charge on any atom is -0.465 e. The van der Waals surface area contributed by atoms with Crippen LogP contribution in [0.3, 0.4) is 0 Å². The van der Waals surface area contributed by atoms with Crippen molar-refractivity contribution in [2.45, 2.75) is 43.0 Å². The first-order chi connectivity index (χ1) is 11.1. The molecule has 2 saturated carbocycles. The van der Waals surface area contributed by atoms with Crippen LogP contribution in [0.25, 0.3) is 0 Å². The van der Waals surface area contributed by atoms with Gasteiger partial charge in [-0.1, -0.05) is 0 Å². The number of alkyl halides is 3. The lowest BCUT2D eigenvalue weighted by Gasteiger charge is -2.16. The van der Waals surface area contributed by atoms with Crippen LogP contribution in [0, 0.1) is 0 Å². The van der Waals surface area contributed by atoms with Crippen LogP contribution >= 0.6 is 0 Å². The van der Waals surface area contributed by atoms with Crippen LogP contribution in [0.2, 0.25) is 0 Å². The number of hydrogen-bond donors (Lipinski definition) is 0. The Bertz CT molecular complexity index is 782. The second-order valence-corrected chi connectivity index (χ2v) is 7.37. The molecule has 0 amide bonds. The number of rotatable bonds is 5. The number of esters is 1. The van der Waals surface area contributed by atoms with Gasteiger partial charge in [-0.15, -0.1) is 0 Å². The van der Waals surface area contributed by atoms with E-state index in [0.29, 0.717) is 5.69 Å². The van der Waals surface area contributed by atoms with E-state index in [-0.39, 0.29) is 23.1 Å². The summed E-state index contributed by atoms with van der Waals surface area (Å²) in [6.07, 6.45) is 3.05. The monoisotopic (exact) mass is 365 g/mol. The fourth-order valence-electron chi connectivity index (χ4n) is 2.34. The maximum absolute atomic E-state index is 12.6. The maximum atomic E-state index is 12.6. The van der Waals surface area contributed by atoms with Gasteiger partial charge in [-0.2, -0.15) is 21.6 Å². The Hall–Kier alpha value is -1.84. The molecule has 3 rings (SSSR count). The normalized spacial score (nSPS) is 18.3. The minimum atomic E-state index is -5.89. The zero-order chi connectivity index (χ0) is 17.7. The van der Waals surface area contributed by atoms with Crippen molar-refractivity contribution in [1.82, 2.24) is 4.98 Å². The fraction of sp³-hybridized carbons (Fsp3) is 0.571. The molecule has 0 N–H and O–H groups in total. The molecule has 0 radical (unpaired) electrons. The molecular weight excluding hydrogens is 351 g/mol. The zero-order valence-electron chi connectivity index (χ0n) is 12.6. The predicted octanol–water partition coefficient (Wildman–Crippen LogP) is 2.85. The Morgan fingerprint density at radius 2 is 1.79 bits per heavy atom. The van der Waals surface area contributed by atoms with Gasteiger partial charge in [0.2, 0.25) is 0 Å². The van der Waals surface area contributed by atoms with Crippen LogP contribution < -0.4 is 4.18 Å². The van der Waals surface area contributed by atoms with E-state index in [9.17, 15) is 26.4 Å². The number of ether oxygens (including phenoxy) is 1. The van der Waals surface area contributed by atoms with E-state index >= 15 is 0 Å². The summed E-state index contributed by atoms with van der Waals surface area (Å²) in [6, 6.07) is 1.10. The summed E-state index contributed by atoms with van der Waals surface area (Å²) < 4.78 is 69.5. The molecule has 2 aliphatic carbocycles. The summed E-state index contributed by atoms with van der Waals surface area (Å²) in [7, 11) is -4.84. The Labute approximate surface area is 136 Å². The summed E-state index contributed by atoms with van der Waals surface area (Å²) in [5, 5.41) is 0. The van der Waals surface area contributed by atoms with E-state index in [1.54, 1.807) is 0 Å². The summed E-state index contributed by atoms with van der Waals surface area (Å²) in [6.45, 7) is 0. The fourth-order valence-corrected chi connectivity index (χ4v) is 2.80. The Morgan fingerprint density at radius 3 is 2.25 bits per heavy atom. The lowest BCUT2D eigenvalue weighted by atomic mass is 10.1. The van der Waals surface area contributed by atoms with Crippen molar-refractivity contribution in [2.75, 3.05) is 7.11 Å². The molecule has 0 bridgehead atoms. The predicted molar refractivity (Wildman–Crippen MR) is 75.1 cm³/mol. The topological polar surface area (TPSA) is 82.6 Å². The van der Waals surface area contributed by atoms with E-state index in [4.69, 9.17) is 0 Å². The molecular formula is C14H14F3NO5S. The SMILES string of the molecule is COC(=O)c1c(OS(=O)(=O)C(F)(F)F)cc(C2CC2)nc1C1CC1. The number of carbonyl (C=O) groups is 1. The summed E-state index contributed by atoms with van der Waals surface area (Å²) >= 11 is 0. The number of carbonyl (C=O) groups excluding carboxylic acids is 1. The van der Waals surface area contributed by atoms with E-state index in [0.717, 1.165) is 38.9 Å². The van der Waals surface area contributed by atoms with Crippen molar-refractivity contribution in [2.24, 2.45) is 0 Å². The van der Waals surface area contributed by atoms with E-state index in [2.05, 4.69) is 13.9 Å². The van der Waals surface area contributed by atoms with E-state index < -0.39 is 27.3 Å². The zero-order valence-corrected chi connectivity index (χ0v) is 13.4. The average Bonchev–Trinajstić information content (AvgIpc) is 3.37. The van der Waals surface area contributed by atoms with Crippen molar-refractivity contribution in [3.63, 3.8) is 0 Å². The van der Waals surface area contributed by atoms with Crippen LogP contribution in [0.15, 0.2) is 6.07 Å². The molecule has 1 heterocycles. The first-order valence-corrected chi connectivity index (χ1v) is 8.68. The summed E-state index contributed by atoms with van der Waals surface area (Å²) in [4.78, 5) is 16.4. The van der Waals surface area contributed by atoms with Crippen LogP contribution in [0.1, 0.15) is 59.3 Å². The number of pyridine rings is 1. The van der Waals surface area contributed by atoms with Crippen molar-refractivity contribution in [3.8, 4) is 5.75 Å². The highest BCUT2D eigenvalue weighted by molar-refractivity contribution is 7.88. The first-order valence-electron chi connectivity index (χ1n) is 7.28.